The molecule has 12 rings (SSSR count). The summed E-state index contributed by atoms with van der Waals surface area (Å²) in [6, 6.07) is 67.1. The predicted molar refractivity (Wildman–Crippen MR) is 220 cm³/mol. The van der Waals surface area contributed by atoms with E-state index >= 15 is 0 Å². The Labute approximate surface area is 301 Å². The molecule has 10 aromatic rings. The number of hydrogen-bond donors (Lipinski definition) is 0. The molecule has 0 N–H and O–H groups in total. The third-order valence-electron chi connectivity index (χ3n) is 11.5. The van der Waals surface area contributed by atoms with Gasteiger partial charge >= 0.3 is 6.85 Å². The molecule has 0 saturated carbocycles. The van der Waals surface area contributed by atoms with E-state index in [0.717, 1.165) is 11.4 Å². The largest absolute Gasteiger partial charge is 0.374 e. The van der Waals surface area contributed by atoms with Crippen LogP contribution in [0.2, 0.25) is 0 Å². The summed E-state index contributed by atoms with van der Waals surface area (Å²) in [7, 11) is 0. The van der Waals surface area contributed by atoms with E-state index in [1.54, 1.807) is 0 Å². The molecule has 0 amide bonds. The molecule has 4 heteroatoms. The van der Waals surface area contributed by atoms with Gasteiger partial charge in [-0.3, -0.25) is 0 Å². The second-order valence-electron chi connectivity index (χ2n) is 14.0. The average Bonchev–Trinajstić information content (AvgIpc) is 3.74. The minimum Gasteiger partial charge on any atom is -0.374 e. The molecular formula is C48H30BN3. The van der Waals surface area contributed by atoms with Gasteiger partial charge in [0.25, 0.3) is 0 Å². The highest BCUT2D eigenvalue weighted by molar-refractivity contribution is 6.92. The number of fused-ring (bicyclic) bond motifs is 19. The number of rotatable bonds is 2. The minimum atomic E-state index is 0.0263. The van der Waals surface area contributed by atoms with Crippen LogP contribution in [0.1, 0.15) is 0 Å². The molecule has 0 bridgehead atoms. The summed E-state index contributed by atoms with van der Waals surface area (Å²) in [5.74, 6) is 0. The van der Waals surface area contributed by atoms with Crippen molar-refractivity contribution in [1.82, 2.24) is 9.13 Å². The molecule has 0 radical (unpaired) electrons. The van der Waals surface area contributed by atoms with Gasteiger partial charge in [0.1, 0.15) is 0 Å². The van der Waals surface area contributed by atoms with Crippen LogP contribution in [-0.2, 0) is 0 Å². The standard InChI is InChI=1S/C48H30BN3/c1-3-15-31(16-4-1)50-43-25-13-9-22-36(43)38-28-30-39-40-29-27-37-34-20-8-12-24-42(34)49-41-23-11-7-19-33(41)35-21-10-14-26-44(35)52(49)48(37)47(40)51(46(39)45(38)50)32-17-5-2-6-18-32/h1-30H. The average molecular weight is 660 g/mol. The van der Waals surface area contributed by atoms with Gasteiger partial charge in [0, 0.05) is 49.7 Å². The zero-order chi connectivity index (χ0) is 33.9. The first kappa shape index (κ1) is 28.0. The third kappa shape index (κ3) is 3.56. The number of aromatic nitrogens is 2. The fourth-order valence-electron chi connectivity index (χ4n) is 9.47. The van der Waals surface area contributed by atoms with Crippen LogP contribution in [0.5, 0.6) is 0 Å². The maximum atomic E-state index is 2.65. The summed E-state index contributed by atoms with van der Waals surface area (Å²) in [6.07, 6.45) is 0. The SMILES string of the molecule is c1ccc(-n2c3ccccc3c3ccc4c5ccc6c(c5n(-c5ccccc5)c4c32)N2B(c3ccccc3-c3ccccc32)c2ccccc2-6)cc1. The Morgan fingerprint density at radius 1 is 0.327 bits per heavy atom. The quantitative estimate of drug-likeness (QED) is 0.168. The Hall–Kier alpha value is -6.78. The Bertz CT molecular complexity index is 3080. The zero-order valence-electron chi connectivity index (χ0n) is 28.2. The number of benzene rings is 8. The van der Waals surface area contributed by atoms with Gasteiger partial charge < -0.3 is 13.9 Å². The first-order valence-electron chi connectivity index (χ1n) is 18.1. The Morgan fingerprint density at radius 3 is 1.56 bits per heavy atom. The molecule has 0 atom stereocenters. The van der Waals surface area contributed by atoms with Gasteiger partial charge in [0.2, 0.25) is 0 Å². The molecule has 2 aromatic heterocycles. The summed E-state index contributed by atoms with van der Waals surface area (Å²) < 4.78 is 5.04. The van der Waals surface area contributed by atoms with Crippen LogP contribution in [0.25, 0.3) is 77.2 Å². The highest BCUT2D eigenvalue weighted by Crippen LogP contribution is 2.52. The van der Waals surface area contributed by atoms with E-state index in [1.165, 1.54) is 88.2 Å². The first-order valence-corrected chi connectivity index (χ1v) is 18.1. The van der Waals surface area contributed by atoms with Gasteiger partial charge in [-0.2, -0.15) is 0 Å². The fraction of sp³-hybridized carbons (Fsp3) is 0. The summed E-state index contributed by atoms with van der Waals surface area (Å²) in [6.45, 7) is 0.0263. The predicted octanol–water partition coefficient (Wildman–Crippen LogP) is 10.8. The van der Waals surface area contributed by atoms with Crippen molar-refractivity contribution in [2.24, 2.45) is 0 Å². The van der Waals surface area contributed by atoms with Crippen molar-refractivity contribution in [3.8, 4) is 33.6 Å². The van der Waals surface area contributed by atoms with Gasteiger partial charge in [-0.15, -0.1) is 0 Å². The summed E-state index contributed by atoms with van der Waals surface area (Å²) in [5, 5.41) is 5.00. The molecule has 4 heterocycles. The highest BCUT2D eigenvalue weighted by Gasteiger charge is 2.43. The van der Waals surface area contributed by atoms with Crippen LogP contribution in [0.4, 0.5) is 11.4 Å². The monoisotopic (exact) mass is 659 g/mol. The van der Waals surface area contributed by atoms with Gasteiger partial charge in [0.15, 0.2) is 0 Å². The van der Waals surface area contributed by atoms with Crippen LogP contribution in [0, 0.1) is 0 Å². The maximum absolute atomic E-state index is 2.65. The zero-order valence-corrected chi connectivity index (χ0v) is 28.2. The molecule has 0 fully saturated rings. The van der Waals surface area contributed by atoms with Crippen molar-refractivity contribution >= 4 is 72.8 Å². The lowest BCUT2D eigenvalue weighted by atomic mass is 9.43. The van der Waals surface area contributed by atoms with E-state index in [1.807, 2.05) is 0 Å². The van der Waals surface area contributed by atoms with Crippen molar-refractivity contribution in [1.29, 1.82) is 0 Å². The van der Waals surface area contributed by atoms with Gasteiger partial charge in [-0.25, -0.2) is 0 Å². The van der Waals surface area contributed by atoms with Crippen LogP contribution in [0.15, 0.2) is 182 Å². The van der Waals surface area contributed by atoms with E-state index in [4.69, 9.17) is 0 Å². The Balaban J connectivity index is 1.33. The second kappa shape index (κ2) is 10.4. The lowest BCUT2D eigenvalue weighted by Crippen LogP contribution is -2.59. The number of nitrogens with zero attached hydrogens (tertiary/aromatic N) is 3. The molecule has 0 unspecified atom stereocenters. The highest BCUT2D eigenvalue weighted by atomic mass is 15.1. The number of hydrogen-bond acceptors (Lipinski definition) is 1. The number of para-hydroxylation sites is 4. The molecule has 52 heavy (non-hydrogen) atoms. The molecule has 0 spiro atoms. The van der Waals surface area contributed by atoms with Gasteiger partial charge in [-0.05, 0) is 58.5 Å². The fourth-order valence-corrected chi connectivity index (χ4v) is 9.47. The van der Waals surface area contributed by atoms with E-state index < -0.39 is 0 Å². The summed E-state index contributed by atoms with van der Waals surface area (Å²) in [5.41, 5.74) is 17.5. The third-order valence-corrected chi connectivity index (χ3v) is 11.5. The molecule has 2 aliphatic heterocycles. The molecule has 0 saturated heterocycles. The van der Waals surface area contributed by atoms with Crippen molar-refractivity contribution in [3.05, 3.63) is 182 Å². The normalized spacial score (nSPS) is 12.9. The number of anilines is 2. The Morgan fingerprint density at radius 2 is 0.827 bits per heavy atom. The van der Waals surface area contributed by atoms with Crippen LogP contribution >= 0.6 is 0 Å². The van der Waals surface area contributed by atoms with Gasteiger partial charge in [0.05, 0.1) is 27.8 Å². The summed E-state index contributed by atoms with van der Waals surface area (Å²) in [4.78, 5) is 2.65. The minimum absolute atomic E-state index is 0.0263. The molecule has 8 aromatic carbocycles. The van der Waals surface area contributed by atoms with Crippen LogP contribution in [-0.4, -0.2) is 16.0 Å². The molecule has 2 aliphatic rings. The molecule has 3 nitrogen and oxygen atoms in total. The van der Waals surface area contributed by atoms with Crippen molar-refractivity contribution in [2.75, 3.05) is 4.81 Å². The van der Waals surface area contributed by atoms with E-state index in [-0.39, 0.29) is 6.85 Å². The van der Waals surface area contributed by atoms with Crippen molar-refractivity contribution in [3.63, 3.8) is 0 Å². The van der Waals surface area contributed by atoms with Crippen LogP contribution in [0.3, 0.4) is 0 Å². The molecule has 240 valence electrons. The maximum Gasteiger partial charge on any atom is 0.329 e. The van der Waals surface area contributed by atoms with Crippen molar-refractivity contribution < 1.29 is 0 Å². The first-order chi connectivity index (χ1) is 25.9. The Kier molecular flexibility index (Phi) is 5.58. The van der Waals surface area contributed by atoms with E-state index in [9.17, 15) is 0 Å². The van der Waals surface area contributed by atoms with Gasteiger partial charge in [-0.1, -0.05) is 146 Å². The second-order valence-corrected chi connectivity index (χ2v) is 14.0. The smallest absolute Gasteiger partial charge is 0.329 e. The van der Waals surface area contributed by atoms with Crippen molar-refractivity contribution in [2.45, 2.75) is 0 Å². The molecule has 0 aliphatic carbocycles. The topological polar surface area (TPSA) is 13.1 Å². The van der Waals surface area contributed by atoms with Crippen LogP contribution < -0.4 is 15.7 Å². The van der Waals surface area contributed by atoms with E-state index in [2.05, 4.69) is 196 Å². The molecular weight excluding hydrogens is 629 g/mol. The van der Waals surface area contributed by atoms with E-state index in [0.29, 0.717) is 0 Å². The lowest BCUT2D eigenvalue weighted by molar-refractivity contribution is 1.15. The summed E-state index contributed by atoms with van der Waals surface area (Å²) >= 11 is 0. The lowest BCUT2D eigenvalue weighted by Gasteiger charge is -2.43.